The second-order valence-corrected chi connectivity index (χ2v) is 3.32. The molecule has 2 aliphatic rings. The van der Waals surface area contributed by atoms with Gasteiger partial charge in [0.05, 0.1) is 5.60 Å². The number of fused-ring (bicyclic) bond motifs is 1. The first-order valence-corrected chi connectivity index (χ1v) is 3.74. The van der Waals surface area contributed by atoms with Crippen molar-refractivity contribution in [2.24, 2.45) is 5.92 Å². The van der Waals surface area contributed by atoms with Crippen molar-refractivity contribution in [3.8, 4) is 0 Å². The SMILES string of the molecule is OC12CCCC1CNC2. The lowest BCUT2D eigenvalue weighted by atomic mass is 9.95. The Hall–Kier alpha value is -0.0800. The lowest BCUT2D eigenvalue weighted by Gasteiger charge is -2.19. The molecule has 0 radical (unpaired) electrons. The summed E-state index contributed by atoms with van der Waals surface area (Å²) < 4.78 is 0. The van der Waals surface area contributed by atoms with Crippen molar-refractivity contribution in [1.82, 2.24) is 5.32 Å². The summed E-state index contributed by atoms with van der Waals surface area (Å²) in [4.78, 5) is 0. The van der Waals surface area contributed by atoms with Crippen molar-refractivity contribution in [2.75, 3.05) is 13.1 Å². The Morgan fingerprint density at radius 3 is 3.22 bits per heavy atom. The molecule has 2 nitrogen and oxygen atoms in total. The van der Waals surface area contributed by atoms with Gasteiger partial charge in [-0.15, -0.1) is 0 Å². The molecule has 0 amide bonds. The molecule has 2 unspecified atom stereocenters. The summed E-state index contributed by atoms with van der Waals surface area (Å²) in [6.45, 7) is 1.87. The molecule has 0 aromatic heterocycles. The minimum absolute atomic E-state index is 0.306. The van der Waals surface area contributed by atoms with Crippen molar-refractivity contribution >= 4 is 0 Å². The zero-order valence-electron chi connectivity index (χ0n) is 5.56. The van der Waals surface area contributed by atoms with E-state index in [4.69, 9.17) is 0 Å². The van der Waals surface area contributed by atoms with Crippen LogP contribution in [0.15, 0.2) is 0 Å². The van der Waals surface area contributed by atoms with Crippen LogP contribution in [0.1, 0.15) is 19.3 Å². The quantitative estimate of drug-likeness (QED) is 0.484. The topological polar surface area (TPSA) is 32.3 Å². The number of β-amino-alcohol motifs (C(OH)–C–C–N with tert-alkyl or cyclic N) is 1. The van der Waals surface area contributed by atoms with Gasteiger partial charge in [-0.3, -0.25) is 0 Å². The van der Waals surface area contributed by atoms with Crippen molar-refractivity contribution in [3.05, 3.63) is 0 Å². The molecule has 2 heteroatoms. The number of hydrogen-bond donors (Lipinski definition) is 2. The van der Waals surface area contributed by atoms with Crippen LogP contribution < -0.4 is 5.32 Å². The number of nitrogens with one attached hydrogen (secondary N) is 1. The Kier molecular flexibility index (Phi) is 1.08. The van der Waals surface area contributed by atoms with Crippen molar-refractivity contribution in [2.45, 2.75) is 24.9 Å². The molecule has 0 aromatic carbocycles. The molecule has 1 saturated carbocycles. The van der Waals surface area contributed by atoms with Gasteiger partial charge in [0, 0.05) is 19.0 Å². The minimum Gasteiger partial charge on any atom is -0.388 e. The van der Waals surface area contributed by atoms with Crippen LogP contribution in [-0.2, 0) is 0 Å². The third-order valence-corrected chi connectivity index (χ3v) is 2.74. The highest BCUT2D eigenvalue weighted by atomic mass is 16.3. The molecule has 2 atom stereocenters. The van der Waals surface area contributed by atoms with Crippen LogP contribution in [0.3, 0.4) is 0 Å². The molecule has 2 fully saturated rings. The largest absolute Gasteiger partial charge is 0.388 e. The van der Waals surface area contributed by atoms with Gasteiger partial charge in [-0.1, -0.05) is 6.42 Å². The van der Waals surface area contributed by atoms with E-state index >= 15 is 0 Å². The highest BCUT2D eigenvalue weighted by molar-refractivity contribution is 4.99. The number of aliphatic hydroxyl groups is 1. The van der Waals surface area contributed by atoms with E-state index in [-0.39, 0.29) is 5.60 Å². The Labute approximate surface area is 55.3 Å². The predicted octanol–water partition coefficient (Wildman–Crippen LogP) is 0.121. The summed E-state index contributed by atoms with van der Waals surface area (Å²) in [5.41, 5.74) is -0.306. The van der Waals surface area contributed by atoms with E-state index in [1.54, 1.807) is 0 Å². The fourth-order valence-corrected chi connectivity index (χ4v) is 2.12. The first kappa shape index (κ1) is 5.69. The van der Waals surface area contributed by atoms with E-state index < -0.39 is 0 Å². The second-order valence-electron chi connectivity index (χ2n) is 3.32. The monoisotopic (exact) mass is 127 g/mol. The van der Waals surface area contributed by atoms with Crippen LogP contribution >= 0.6 is 0 Å². The van der Waals surface area contributed by atoms with Gasteiger partial charge in [0.25, 0.3) is 0 Å². The molecular formula is C7H13NO. The van der Waals surface area contributed by atoms with E-state index in [1.165, 1.54) is 12.8 Å². The maximum absolute atomic E-state index is 9.77. The minimum atomic E-state index is -0.306. The first-order valence-electron chi connectivity index (χ1n) is 3.74. The maximum atomic E-state index is 9.77. The predicted molar refractivity (Wildman–Crippen MR) is 35.2 cm³/mol. The van der Waals surface area contributed by atoms with Crippen LogP contribution in [0, 0.1) is 5.92 Å². The van der Waals surface area contributed by atoms with Crippen LogP contribution in [-0.4, -0.2) is 23.8 Å². The summed E-state index contributed by atoms with van der Waals surface area (Å²) in [6, 6.07) is 0. The summed E-state index contributed by atoms with van der Waals surface area (Å²) in [6.07, 6.45) is 3.47. The molecule has 0 bridgehead atoms. The van der Waals surface area contributed by atoms with Gasteiger partial charge >= 0.3 is 0 Å². The second kappa shape index (κ2) is 1.70. The molecular weight excluding hydrogens is 114 g/mol. The third-order valence-electron chi connectivity index (χ3n) is 2.74. The highest BCUT2D eigenvalue weighted by Crippen LogP contribution is 2.37. The summed E-state index contributed by atoms with van der Waals surface area (Å²) in [7, 11) is 0. The Balaban J connectivity index is 2.17. The van der Waals surface area contributed by atoms with Crippen LogP contribution in [0.2, 0.25) is 0 Å². The van der Waals surface area contributed by atoms with Crippen molar-refractivity contribution in [1.29, 1.82) is 0 Å². The summed E-state index contributed by atoms with van der Waals surface area (Å²) >= 11 is 0. The molecule has 9 heavy (non-hydrogen) atoms. The van der Waals surface area contributed by atoms with E-state index in [1.807, 2.05) is 0 Å². The lowest BCUT2D eigenvalue weighted by Crippen LogP contribution is -2.32. The third kappa shape index (κ3) is 0.700. The van der Waals surface area contributed by atoms with E-state index in [0.717, 1.165) is 19.5 Å². The van der Waals surface area contributed by atoms with Crippen LogP contribution in [0.25, 0.3) is 0 Å². The van der Waals surface area contributed by atoms with Gasteiger partial charge in [0.2, 0.25) is 0 Å². The number of hydrogen-bond acceptors (Lipinski definition) is 2. The number of rotatable bonds is 0. The normalized spacial score (nSPS) is 49.7. The molecule has 52 valence electrons. The fourth-order valence-electron chi connectivity index (χ4n) is 2.12. The van der Waals surface area contributed by atoms with E-state index in [9.17, 15) is 5.11 Å². The lowest BCUT2D eigenvalue weighted by molar-refractivity contribution is 0.0381. The van der Waals surface area contributed by atoms with Gasteiger partial charge in [-0.05, 0) is 12.8 Å². The van der Waals surface area contributed by atoms with Gasteiger partial charge in [0.15, 0.2) is 0 Å². The molecule has 0 spiro atoms. The highest BCUT2D eigenvalue weighted by Gasteiger charge is 2.44. The van der Waals surface area contributed by atoms with Gasteiger partial charge in [0.1, 0.15) is 0 Å². The van der Waals surface area contributed by atoms with E-state index in [0.29, 0.717) is 5.92 Å². The standard InChI is InChI=1S/C7H13NO/c9-7-3-1-2-6(7)4-8-5-7/h6,8-9H,1-5H2. The fraction of sp³-hybridized carbons (Fsp3) is 1.00. The Morgan fingerprint density at radius 2 is 2.44 bits per heavy atom. The van der Waals surface area contributed by atoms with Crippen molar-refractivity contribution < 1.29 is 5.11 Å². The Bertz CT molecular complexity index is 114. The summed E-state index contributed by atoms with van der Waals surface area (Å²) in [5, 5.41) is 13.0. The van der Waals surface area contributed by atoms with E-state index in [2.05, 4.69) is 5.32 Å². The van der Waals surface area contributed by atoms with Crippen LogP contribution in [0.4, 0.5) is 0 Å². The zero-order chi connectivity index (χ0) is 6.32. The van der Waals surface area contributed by atoms with Crippen LogP contribution in [0.5, 0.6) is 0 Å². The molecule has 2 N–H and O–H groups in total. The average molecular weight is 127 g/mol. The average Bonchev–Trinajstić information content (AvgIpc) is 2.22. The molecule has 1 aliphatic heterocycles. The molecule has 1 aliphatic carbocycles. The van der Waals surface area contributed by atoms with Gasteiger partial charge < -0.3 is 10.4 Å². The zero-order valence-corrected chi connectivity index (χ0v) is 5.56. The molecule has 2 rings (SSSR count). The smallest absolute Gasteiger partial charge is 0.0811 e. The Morgan fingerprint density at radius 1 is 1.56 bits per heavy atom. The molecule has 1 saturated heterocycles. The molecule has 1 heterocycles. The van der Waals surface area contributed by atoms with Gasteiger partial charge in [-0.25, -0.2) is 0 Å². The maximum Gasteiger partial charge on any atom is 0.0811 e. The van der Waals surface area contributed by atoms with Gasteiger partial charge in [-0.2, -0.15) is 0 Å². The summed E-state index contributed by atoms with van der Waals surface area (Å²) in [5.74, 6) is 0.567. The first-order chi connectivity index (χ1) is 4.31. The molecule has 0 aromatic rings. The van der Waals surface area contributed by atoms with Crippen molar-refractivity contribution in [3.63, 3.8) is 0 Å².